The fourth-order valence-corrected chi connectivity index (χ4v) is 1.27. The Balaban J connectivity index is 0.00000289. The number of carbonyl (C=O) groups is 1. The molecule has 0 atom stereocenters. The van der Waals surface area contributed by atoms with Crippen molar-refractivity contribution in [2.75, 3.05) is 0 Å². The molecular weight excluding hydrogens is 260 g/mol. The number of aromatic carboxylic acids is 1. The normalized spacial score (nSPS) is 10.6. The molecule has 0 spiro atoms. The molecule has 8 heteroatoms. The molecule has 1 aromatic carbocycles. The molecule has 7 nitrogen and oxygen atoms in total. The third-order valence-corrected chi connectivity index (χ3v) is 2.13. The van der Waals surface area contributed by atoms with Gasteiger partial charge in [0.1, 0.15) is 22.9 Å². The van der Waals surface area contributed by atoms with Gasteiger partial charge in [-0.1, -0.05) is 6.07 Å². The van der Waals surface area contributed by atoms with Crippen molar-refractivity contribution in [1.82, 2.24) is 0 Å². The molecule has 18 heavy (non-hydrogen) atoms. The topological polar surface area (TPSA) is 146 Å². The minimum absolute atomic E-state index is 0. The summed E-state index contributed by atoms with van der Waals surface area (Å²) < 4.78 is 0. The molecule has 0 fully saturated rings. The van der Waals surface area contributed by atoms with Crippen LogP contribution in [0.5, 0.6) is 5.75 Å². The van der Waals surface area contributed by atoms with Crippen molar-refractivity contribution in [3.63, 3.8) is 0 Å². The zero-order valence-electron chi connectivity index (χ0n) is 9.25. The number of amidine groups is 1. The average molecular weight is 273 g/mol. The fraction of sp³-hybridized carbons (Fsp3) is 0.100. The van der Waals surface area contributed by atoms with Gasteiger partial charge in [-0.3, -0.25) is 5.41 Å². The van der Waals surface area contributed by atoms with E-state index in [2.05, 4.69) is 5.10 Å². The Bertz CT molecular complexity index is 502. The van der Waals surface area contributed by atoms with Crippen molar-refractivity contribution in [2.45, 2.75) is 6.42 Å². The van der Waals surface area contributed by atoms with Gasteiger partial charge in [-0.15, -0.1) is 12.4 Å². The van der Waals surface area contributed by atoms with Gasteiger partial charge in [0, 0.05) is 6.42 Å². The number of benzene rings is 1. The number of phenols is 1. The molecule has 0 heterocycles. The number of rotatable bonds is 4. The number of hydrazone groups is 1. The molecule has 0 aromatic heterocycles. The summed E-state index contributed by atoms with van der Waals surface area (Å²) in [4.78, 5) is 10.8. The Labute approximate surface area is 109 Å². The molecule has 0 aliphatic rings. The maximum absolute atomic E-state index is 10.8. The number of carboxylic acids is 1. The highest BCUT2D eigenvalue weighted by Gasteiger charge is 2.12. The lowest BCUT2D eigenvalue weighted by Crippen LogP contribution is -2.25. The summed E-state index contributed by atoms with van der Waals surface area (Å²) in [6, 6.07) is 4.05. The van der Waals surface area contributed by atoms with Crippen molar-refractivity contribution in [3.8, 4) is 5.75 Å². The van der Waals surface area contributed by atoms with Gasteiger partial charge in [0.25, 0.3) is 0 Å². The number of nitrogens with zero attached hydrogens (tertiary/aromatic N) is 1. The van der Waals surface area contributed by atoms with Gasteiger partial charge in [-0.25, -0.2) is 4.79 Å². The van der Waals surface area contributed by atoms with Crippen LogP contribution in [0.2, 0.25) is 0 Å². The van der Waals surface area contributed by atoms with Crippen LogP contribution in [0.25, 0.3) is 0 Å². The van der Waals surface area contributed by atoms with E-state index in [1.165, 1.54) is 18.2 Å². The van der Waals surface area contributed by atoms with Crippen molar-refractivity contribution in [2.24, 2.45) is 16.7 Å². The second-order valence-corrected chi connectivity index (χ2v) is 3.32. The van der Waals surface area contributed by atoms with Crippen LogP contribution in [0.15, 0.2) is 23.3 Å². The van der Waals surface area contributed by atoms with E-state index in [1.54, 1.807) is 0 Å². The molecule has 0 radical (unpaired) electrons. The van der Waals surface area contributed by atoms with Gasteiger partial charge < -0.3 is 21.8 Å². The number of carboxylic acid groups (broad SMARTS) is 1. The first kappa shape index (κ1) is 15.7. The molecule has 0 amide bonds. The summed E-state index contributed by atoms with van der Waals surface area (Å²) >= 11 is 0. The molecular formula is C10H13ClN4O3. The van der Waals surface area contributed by atoms with Crippen molar-refractivity contribution < 1.29 is 15.0 Å². The summed E-state index contributed by atoms with van der Waals surface area (Å²) in [6.07, 6.45) is 0.131. The standard InChI is InChI=1S/C10H12N4O3.ClH/c11-9(12)7(14-13)4-5-1-2-8(15)6(3-5)10(16)17;/h1-3,15H,4,13H2,(H3,11,12)(H,16,17);1H. The van der Waals surface area contributed by atoms with Crippen LogP contribution in [-0.4, -0.2) is 27.7 Å². The lowest BCUT2D eigenvalue weighted by molar-refractivity contribution is 0.0693. The van der Waals surface area contributed by atoms with Crippen LogP contribution in [0, 0.1) is 5.41 Å². The van der Waals surface area contributed by atoms with Gasteiger partial charge >= 0.3 is 5.97 Å². The highest BCUT2D eigenvalue weighted by atomic mass is 35.5. The third kappa shape index (κ3) is 3.63. The molecule has 7 N–H and O–H groups in total. The number of hydrogen-bond acceptors (Lipinski definition) is 5. The van der Waals surface area contributed by atoms with Gasteiger partial charge in [0.05, 0.1) is 0 Å². The lowest BCUT2D eigenvalue weighted by atomic mass is 10.0. The summed E-state index contributed by atoms with van der Waals surface area (Å²) in [5.74, 6) is 3.21. The Kier molecular flexibility index (Phi) is 5.64. The summed E-state index contributed by atoms with van der Waals surface area (Å²) in [5.41, 5.74) is 5.70. The fourth-order valence-electron chi connectivity index (χ4n) is 1.27. The number of nitrogens with one attached hydrogen (secondary N) is 1. The molecule has 1 aromatic rings. The van der Waals surface area contributed by atoms with Gasteiger partial charge in [-0.05, 0) is 17.7 Å². The van der Waals surface area contributed by atoms with Crippen LogP contribution in [-0.2, 0) is 6.42 Å². The maximum atomic E-state index is 10.8. The first-order chi connectivity index (χ1) is 7.95. The van der Waals surface area contributed by atoms with E-state index in [-0.39, 0.29) is 41.7 Å². The largest absolute Gasteiger partial charge is 0.507 e. The molecule has 0 aliphatic heterocycles. The second-order valence-electron chi connectivity index (χ2n) is 3.32. The molecule has 0 saturated carbocycles. The molecule has 0 unspecified atom stereocenters. The van der Waals surface area contributed by atoms with E-state index in [0.29, 0.717) is 5.56 Å². The third-order valence-electron chi connectivity index (χ3n) is 2.13. The molecule has 0 aliphatic carbocycles. The molecule has 0 saturated heterocycles. The zero-order chi connectivity index (χ0) is 13.0. The number of nitrogens with two attached hydrogens (primary N) is 2. The maximum Gasteiger partial charge on any atom is 0.339 e. The van der Waals surface area contributed by atoms with E-state index in [0.717, 1.165) is 0 Å². The van der Waals surface area contributed by atoms with Gasteiger partial charge in [-0.2, -0.15) is 5.10 Å². The quantitative estimate of drug-likeness (QED) is 0.232. The number of aromatic hydroxyl groups is 1. The summed E-state index contributed by atoms with van der Waals surface area (Å²) in [7, 11) is 0. The monoisotopic (exact) mass is 272 g/mol. The average Bonchev–Trinajstić information content (AvgIpc) is 2.27. The Morgan fingerprint density at radius 2 is 2.06 bits per heavy atom. The van der Waals surface area contributed by atoms with Crippen LogP contribution in [0.3, 0.4) is 0 Å². The van der Waals surface area contributed by atoms with Crippen molar-refractivity contribution in [1.29, 1.82) is 5.41 Å². The first-order valence-electron chi connectivity index (χ1n) is 4.62. The van der Waals surface area contributed by atoms with E-state index < -0.39 is 5.97 Å². The van der Waals surface area contributed by atoms with Crippen LogP contribution in [0.1, 0.15) is 15.9 Å². The highest BCUT2D eigenvalue weighted by molar-refractivity contribution is 6.40. The summed E-state index contributed by atoms with van der Waals surface area (Å²) in [5, 5.41) is 28.6. The highest BCUT2D eigenvalue weighted by Crippen LogP contribution is 2.18. The molecule has 0 bridgehead atoms. The Morgan fingerprint density at radius 1 is 1.44 bits per heavy atom. The van der Waals surface area contributed by atoms with E-state index in [9.17, 15) is 9.90 Å². The lowest BCUT2D eigenvalue weighted by Gasteiger charge is -2.05. The van der Waals surface area contributed by atoms with E-state index in [1.807, 2.05) is 0 Å². The van der Waals surface area contributed by atoms with Gasteiger partial charge in [0.15, 0.2) is 0 Å². The van der Waals surface area contributed by atoms with E-state index in [4.69, 9.17) is 22.1 Å². The Morgan fingerprint density at radius 3 is 2.50 bits per heavy atom. The predicted molar refractivity (Wildman–Crippen MR) is 69.6 cm³/mol. The number of halogens is 1. The molecule has 98 valence electrons. The number of hydrogen-bond donors (Lipinski definition) is 5. The minimum atomic E-state index is -1.24. The van der Waals surface area contributed by atoms with Crippen LogP contribution < -0.4 is 11.6 Å². The molecule has 1 rings (SSSR count). The smallest absolute Gasteiger partial charge is 0.339 e. The van der Waals surface area contributed by atoms with Crippen LogP contribution in [0.4, 0.5) is 0 Å². The SMILES string of the molecule is Cl.N=C(N)C(Cc1ccc(O)c(C(=O)O)c1)=NN. The summed E-state index contributed by atoms with van der Waals surface area (Å²) in [6.45, 7) is 0. The van der Waals surface area contributed by atoms with Crippen molar-refractivity contribution >= 4 is 29.9 Å². The predicted octanol–water partition coefficient (Wildman–Crippen LogP) is 0.305. The first-order valence-corrected chi connectivity index (χ1v) is 4.62. The Hall–Kier alpha value is -2.28. The van der Waals surface area contributed by atoms with Crippen molar-refractivity contribution in [3.05, 3.63) is 29.3 Å². The van der Waals surface area contributed by atoms with E-state index >= 15 is 0 Å². The minimum Gasteiger partial charge on any atom is -0.507 e. The second kappa shape index (κ2) is 6.45. The zero-order valence-corrected chi connectivity index (χ0v) is 10.1. The van der Waals surface area contributed by atoms with Gasteiger partial charge in [0.2, 0.25) is 0 Å². The van der Waals surface area contributed by atoms with Crippen LogP contribution >= 0.6 is 12.4 Å².